The van der Waals surface area contributed by atoms with Crippen molar-refractivity contribution < 1.29 is 13.2 Å². The molecule has 2 aromatic carbocycles. The maximum Gasteiger partial charge on any atom is 0.264 e. The van der Waals surface area contributed by atoms with E-state index >= 15 is 0 Å². The molecule has 0 aliphatic carbocycles. The number of carbonyl (C=O) groups is 1. The van der Waals surface area contributed by atoms with Gasteiger partial charge in [0.2, 0.25) is 0 Å². The van der Waals surface area contributed by atoms with Crippen LogP contribution < -0.4 is 9.62 Å². The average Bonchev–Trinajstić information content (AvgIpc) is 3.11. The summed E-state index contributed by atoms with van der Waals surface area (Å²) in [5.74, 6) is -0.233. The molecule has 28 heavy (non-hydrogen) atoms. The van der Waals surface area contributed by atoms with E-state index in [1.54, 1.807) is 48.5 Å². The minimum absolute atomic E-state index is 0.223. The van der Waals surface area contributed by atoms with Crippen molar-refractivity contribution in [2.24, 2.45) is 0 Å². The van der Waals surface area contributed by atoms with Crippen LogP contribution in [0.2, 0.25) is 0 Å². The summed E-state index contributed by atoms with van der Waals surface area (Å²) in [4.78, 5) is 16.8. The highest BCUT2D eigenvalue weighted by Crippen LogP contribution is 2.22. The van der Waals surface area contributed by atoms with Crippen molar-refractivity contribution in [3.8, 4) is 0 Å². The Balaban J connectivity index is 1.70. The summed E-state index contributed by atoms with van der Waals surface area (Å²) in [5, 5.41) is 5.59. The van der Waals surface area contributed by atoms with E-state index in [2.05, 4.69) is 10.3 Å². The Morgan fingerprint density at radius 1 is 1.07 bits per heavy atom. The predicted molar refractivity (Wildman–Crippen MR) is 111 cm³/mol. The lowest BCUT2D eigenvalue weighted by atomic mass is 10.2. The zero-order valence-corrected chi connectivity index (χ0v) is 17.5. The predicted octanol–water partition coefficient (Wildman–Crippen LogP) is 3.52. The molecule has 0 fully saturated rings. The lowest BCUT2D eigenvalue weighted by molar-refractivity contribution is 0.0951. The maximum absolute atomic E-state index is 12.8. The van der Waals surface area contributed by atoms with Gasteiger partial charge in [0, 0.05) is 23.7 Å². The van der Waals surface area contributed by atoms with E-state index in [9.17, 15) is 13.2 Å². The van der Waals surface area contributed by atoms with E-state index < -0.39 is 10.0 Å². The van der Waals surface area contributed by atoms with Gasteiger partial charge in [-0.1, -0.05) is 17.7 Å². The molecule has 0 spiro atoms. The van der Waals surface area contributed by atoms with E-state index in [4.69, 9.17) is 0 Å². The van der Waals surface area contributed by atoms with Gasteiger partial charge >= 0.3 is 0 Å². The fourth-order valence-corrected chi connectivity index (χ4v) is 4.48. The topological polar surface area (TPSA) is 79.4 Å². The van der Waals surface area contributed by atoms with Crippen molar-refractivity contribution in [1.29, 1.82) is 0 Å². The number of sulfonamides is 1. The SMILES string of the molecule is Cc1ccc(S(=O)(=O)N(C)c2ccc(C(=O)NCc3nc(C)cs3)cc2)cc1. The zero-order valence-electron chi connectivity index (χ0n) is 15.8. The van der Waals surface area contributed by atoms with Gasteiger partial charge in [-0.2, -0.15) is 0 Å². The molecular formula is C20H21N3O3S2. The van der Waals surface area contributed by atoms with Crippen molar-refractivity contribution in [1.82, 2.24) is 10.3 Å². The molecule has 3 rings (SSSR count). The number of aryl methyl sites for hydroxylation is 2. The molecule has 1 aromatic heterocycles. The molecule has 0 unspecified atom stereocenters. The number of amides is 1. The van der Waals surface area contributed by atoms with Gasteiger partial charge in [0.1, 0.15) is 5.01 Å². The van der Waals surface area contributed by atoms with Crippen LogP contribution in [0.5, 0.6) is 0 Å². The quantitative estimate of drug-likeness (QED) is 0.668. The van der Waals surface area contributed by atoms with Gasteiger partial charge in [-0.3, -0.25) is 9.10 Å². The minimum Gasteiger partial charge on any atom is -0.346 e. The normalized spacial score (nSPS) is 11.2. The summed E-state index contributed by atoms with van der Waals surface area (Å²) in [6.07, 6.45) is 0. The molecule has 0 atom stereocenters. The number of nitrogens with zero attached hydrogens (tertiary/aromatic N) is 2. The smallest absolute Gasteiger partial charge is 0.264 e. The molecule has 1 heterocycles. The standard InChI is InChI=1S/C20H21N3O3S2/c1-14-4-10-18(11-5-14)28(25,26)23(3)17-8-6-16(7-9-17)20(24)21-12-19-22-15(2)13-27-19/h4-11,13H,12H2,1-3H3,(H,21,24). The van der Waals surface area contributed by atoms with Crippen LogP contribution in [-0.4, -0.2) is 26.4 Å². The van der Waals surface area contributed by atoms with Crippen LogP contribution in [0.25, 0.3) is 0 Å². The molecule has 3 aromatic rings. The van der Waals surface area contributed by atoms with Crippen molar-refractivity contribution in [3.05, 3.63) is 75.7 Å². The highest BCUT2D eigenvalue weighted by molar-refractivity contribution is 7.92. The second kappa shape index (κ2) is 8.12. The molecule has 0 radical (unpaired) electrons. The van der Waals surface area contributed by atoms with E-state index in [0.29, 0.717) is 17.8 Å². The van der Waals surface area contributed by atoms with Crippen LogP contribution >= 0.6 is 11.3 Å². The third-order valence-corrected chi connectivity index (χ3v) is 7.01. The van der Waals surface area contributed by atoms with E-state index in [1.165, 1.54) is 22.7 Å². The third-order valence-electron chi connectivity index (χ3n) is 4.24. The van der Waals surface area contributed by atoms with E-state index in [-0.39, 0.29) is 10.8 Å². The number of anilines is 1. The summed E-state index contributed by atoms with van der Waals surface area (Å²) < 4.78 is 26.7. The first-order valence-corrected chi connectivity index (χ1v) is 10.9. The van der Waals surface area contributed by atoms with Crippen LogP contribution in [0, 0.1) is 13.8 Å². The number of hydrogen-bond acceptors (Lipinski definition) is 5. The van der Waals surface area contributed by atoms with Gasteiger partial charge in [0.05, 0.1) is 17.1 Å². The van der Waals surface area contributed by atoms with Crippen LogP contribution in [0.1, 0.15) is 26.6 Å². The molecule has 6 nitrogen and oxygen atoms in total. The zero-order chi connectivity index (χ0) is 20.3. The molecule has 8 heteroatoms. The van der Waals surface area contributed by atoms with E-state index in [0.717, 1.165) is 16.3 Å². The van der Waals surface area contributed by atoms with Crippen molar-refractivity contribution in [2.75, 3.05) is 11.4 Å². The Kier molecular flexibility index (Phi) is 5.81. The number of rotatable bonds is 6. The highest BCUT2D eigenvalue weighted by Gasteiger charge is 2.21. The number of hydrogen-bond donors (Lipinski definition) is 1. The van der Waals surface area contributed by atoms with Crippen molar-refractivity contribution in [3.63, 3.8) is 0 Å². The minimum atomic E-state index is -3.66. The Morgan fingerprint density at radius 2 is 1.71 bits per heavy atom. The summed E-state index contributed by atoms with van der Waals surface area (Å²) in [6, 6.07) is 13.2. The Labute approximate surface area is 168 Å². The number of benzene rings is 2. The number of aromatic nitrogens is 1. The van der Waals surface area contributed by atoms with Gasteiger partial charge < -0.3 is 5.32 Å². The van der Waals surface area contributed by atoms with Crippen LogP contribution in [0.15, 0.2) is 58.8 Å². The molecule has 1 amide bonds. The molecule has 0 aliphatic rings. The fourth-order valence-electron chi connectivity index (χ4n) is 2.57. The Bertz CT molecular complexity index is 1070. The maximum atomic E-state index is 12.8. The van der Waals surface area contributed by atoms with Crippen molar-refractivity contribution in [2.45, 2.75) is 25.3 Å². The highest BCUT2D eigenvalue weighted by atomic mass is 32.2. The largest absolute Gasteiger partial charge is 0.346 e. The number of nitrogens with one attached hydrogen (secondary N) is 1. The first-order valence-electron chi connectivity index (χ1n) is 8.62. The molecule has 0 bridgehead atoms. The van der Waals surface area contributed by atoms with Crippen LogP contribution in [-0.2, 0) is 16.6 Å². The Hall–Kier alpha value is -2.71. The summed E-state index contributed by atoms with van der Waals surface area (Å²) in [6.45, 7) is 4.17. The number of carbonyl (C=O) groups excluding carboxylic acids is 1. The first-order chi connectivity index (χ1) is 13.3. The number of thiazole rings is 1. The van der Waals surface area contributed by atoms with Gasteiger partial charge in [0.25, 0.3) is 15.9 Å². The molecule has 0 saturated carbocycles. The van der Waals surface area contributed by atoms with Gasteiger partial charge in [-0.25, -0.2) is 13.4 Å². The van der Waals surface area contributed by atoms with Crippen LogP contribution in [0.3, 0.4) is 0 Å². The van der Waals surface area contributed by atoms with E-state index in [1.807, 2.05) is 19.2 Å². The molecule has 146 valence electrons. The summed E-state index contributed by atoms with van der Waals surface area (Å²) in [7, 11) is -2.16. The third kappa shape index (κ3) is 4.40. The first kappa shape index (κ1) is 20.0. The van der Waals surface area contributed by atoms with Gasteiger partial charge in [0.15, 0.2) is 0 Å². The van der Waals surface area contributed by atoms with Gasteiger partial charge in [-0.05, 0) is 50.2 Å². The molecule has 1 N–H and O–H groups in total. The van der Waals surface area contributed by atoms with Crippen LogP contribution in [0.4, 0.5) is 5.69 Å². The second-order valence-electron chi connectivity index (χ2n) is 6.40. The summed E-state index contributed by atoms with van der Waals surface area (Å²) >= 11 is 1.50. The van der Waals surface area contributed by atoms with Gasteiger partial charge in [-0.15, -0.1) is 11.3 Å². The average molecular weight is 416 g/mol. The fraction of sp³-hybridized carbons (Fsp3) is 0.200. The lowest BCUT2D eigenvalue weighted by Gasteiger charge is -2.20. The molecular weight excluding hydrogens is 394 g/mol. The summed E-state index contributed by atoms with van der Waals surface area (Å²) in [5.41, 5.74) is 2.85. The molecule has 0 saturated heterocycles. The van der Waals surface area contributed by atoms with Crippen molar-refractivity contribution >= 4 is 33.0 Å². The lowest BCUT2D eigenvalue weighted by Crippen LogP contribution is -2.27. The molecule has 0 aliphatic heterocycles. The monoisotopic (exact) mass is 415 g/mol. The second-order valence-corrected chi connectivity index (χ2v) is 9.31. The Morgan fingerprint density at radius 3 is 2.29 bits per heavy atom.